The standard InChI is InChI=1S/C17H22N2O3S/c1-3-22-16(21)14-5-4-10-19(11-14)17(23)18-15-8-6-13(7-9-15)12(2)20/h6-9,14H,3-5,10-11H2,1-2H3,(H,18,23)/t14-/m0/s1. The summed E-state index contributed by atoms with van der Waals surface area (Å²) in [6.45, 7) is 5.16. The summed E-state index contributed by atoms with van der Waals surface area (Å²) in [4.78, 5) is 25.2. The van der Waals surface area contributed by atoms with Crippen LogP contribution < -0.4 is 5.32 Å². The van der Waals surface area contributed by atoms with Crippen LogP contribution in [0.1, 0.15) is 37.0 Å². The lowest BCUT2D eigenvalue weighted by atomic mass is 9.98. The first-order chi connectivity index (χ1) is 11.0. The van der Waals surface area contributed by atoms with Crippen LogP contribution in [-0.4, -0.2) is 41.5 Å². The van der Waals surface area contributed by atoms with E-state index in [1.807, 2.05) is 24.0 Å². The van der Waals surface area contributed by atoms with E-state index in [4.69, 9.17) is 17.0 Å². The molecule has 1 aromatic rings. The molecule has 0 radical (unpaired) electrons. The number of esters is 1. The minimum atomic E-state index is -0.147. The number of anilines is 1. The van der Waals surface area contributed by atoms with Crippen LogP contribution in [0.5, 0.6) is 0 Å². The highest BCUT2D eigenvalue weighted by Gasteiger charge is 2.28. The highest BCUT2D eigenvalue weighted by molar-refractivity contribution is 7.80. The molecule has 0 bridgehead atoms. The van der Waals surface area contributed by atoms with Gasteiger partial charge in [0.15, 0.2) is 10.9 Å². The van der Waals surface area contributed by atoms with E-state index >= 15 is 0 Å². The van der Waals surface area contributed by atoms with E-state index in [2.05, 4.69) is 5.32 Å². The van der Waals surface area contributed by atoms with Crippen LogP contribution in [0.2, 0.25) is 0 Å². The molecule has 23 heavy (non-hydrogen) atoms. The summed E-state index contributed by atoms with van der Waals surface area (Å²) < 4.78 is 5.10. The molecule has 1 heterocycles. The predicted molar refractivity (Wildman–Crippen MR) is 93.6 cm³/mol. The van der Waals surface area contributed by atoms with Crippen molar-refractivity contribution in [3.63, 3.8) is 0 Å². The number of hydrogen-bond acceptors (Lipinski definition) is 4. The maximum atomic E-state index is 11.9. The Balaban J connectivity index is 1.94. The van der Waals surface area contributed by atoms with Gasteiger partial charge in [0.25, 0.3) is 0 Å². The Bertz CT molecular complexity index is 586. The number of Topliss-reactive ketones (excluding diaryl/α,β-unsaturated/α-hetero) is 1. The van der Waals surface area contributed by atoms with Crippen molar-refractivity contribution in [2.75, 3.05) is 25.0 Å². The fourth-order valence-electron chi connectivity index (χ4n) is 2.60. The van der Waals surface area contributed by atoms with Crippen molar-refractivity contribution in [3.05, 3.63) is 29.8 Å². The molecule has 0 aliphatic carbocycles. The van der Waals surface area contributed by atoms with Gasteiger partial charge in [0.1, 0.15) is 0 Å². The number of ether oxygens (including phenoxy) is 1. The van der Waals surface area contributed by atoms with Crippen LogP contribution in [0.15, 0.2) is 24.3 Å². The van der Waals surface area contributed by atoms with Crippen molar-refractivity contribution in [2.45, 2.75) is 26.7 Å². The Morgan fingerprint density at radius 3 is 2.65 bits per heavy atom. The molecule has 0 saturated carbocycles. The summed E-state index contributed by atoms with van der Waals surface area (Å²) in [5, 5.41) is 3.76. The average Bonchev–Trinajstić information content (AvgIpc) is 2.55. The number of benzene rings is 1. The summed E-state index contributed by atoms with van der Waals surface area (Å²) in [7, 11) is 0. The van der Waals surface area contributed by atoms with E-state index in [0.717, 1.165) is 25.1 Å². The topological polar surface area (TPSA) is 58.6 Å². The van der Waals surface area contributed by atoms with Gasteiger partial charge < -0.3 is 15.0 Å². The number of thiocarbonyl (C=S) groups is 1. The van der Waals surface area contributed by atoms with E-state index in [1.54, 1.807) is 12.1 Å². The van der Waals surface area contributed by atoms with Crippen LogP contribution in [0.3, 0.4) is 0 Å². The van der Waals surface area contributed by atoms with E-state index in [0.29, 0.717) is 23.8 Å². The molecule has 5 nitrogen and oxygen atoms in total. The Hall–Kier alpha value is -1.95. The molecule has 1 aliphatic rings. The van der Waals surface area contributed by atoms with Gasteiger partial charge in [-0.1, -0.05) is 0 Å². The highest BCUT2D eigenvalue weighted by Crippen LogP contribution is 2.19. The third kappa shape index (κ3) is 4.76. The zero-order chi connectivity index (χ0) is 16.8. The van der Waals surface area contributed by atoms with Gasteiger partial charge in [0.05, 0.1) is 12.5 Å². The fraction of sp³-hybridized carbons (Fsp3) is 0.471. The maximum absolute atomic E-state index is 11.9. The normalized spacial score (nSPS) is 17.5. The van der Waals surface area contributed by atoms with Crippen LogP contribution >= 0.6 is 12.2 Å². The first kappa shape index (κ1) is 17.4. The number of carbonyl (C=O) groups is 2. The minimum Gasteiger partial charge on any atom is -0.466 e. The van der Waals surface area contributed by atoms with Crippen molar-refractivity contribution in [2.24, 2.45) is 5.92 Å². The van der Waals surface area contributed by atoms with E-state index in [9.17, 15) is 9.59 Å². The summed E-state index contributed by atoms with van der Waals surface area (Å²) >= 11 is 5.44. The molecule has 0 amide bonds. The molecule has 124 valence electrons. The number of nitrogens with one attached hydrogen (secondary N) is 1. The third-order valence-electron chi connectivity index (χ3n) is 3.87. The summed E-state index contributed by atoms with van der Waals surface area (Å²) in [6, 6.07) is 7.20. The lowest BCUT2D eigenvalue weighted by Gasteiger charge is -2.33. The van der Waals surface area contributed by atoms with Crippen LogP contribution in [0.4, 0.5) is 5.69 Å². The largest absolute Gasteiger partial charge is 0.466 e. The van der Waals surface area contributed by atoms with Crippen molar-refractivity contribution in [1.29, 1.82) is 0 Å². The summed E-state index contributed by atoms with van der Waals surface area (Å²) in [5.41, 5.74) is 1.50. The molecule has 0 spiro atoms. The van der Waals surface area contributed by atoms with E-state index in [1.165, 1.54) is 6.92 Å². The Morgan fingerprint density at radius 1 is 1.35 bits per heavy atom. The van der Waals surface area contributed by atoms with Crippen molar-refractivity contribution in [1.82, 2.24) is 4.90 Å². The molecule has 1 atom stereocenters. The van der Waals surface area contributed by atoms with Gasteiger partial charge in [-0.05, 0) is 63.2 Å². The van der Waals surface area contributed by atoms with Crippen LogP contribution in [0, 0.1) is 5.92 Å². The number of hydrogen-bond donors (Lipinski definition) is 1. The second-order valence-electron chi connectivity index (χ2n) is 5.60. The molecule has 6 heteroatoms. The van der Waals surface area contributed by atoms with Crippen LogP contribution in [-0.2, 0) is 9.53 Å². The molecule has 0 unspecified atom stereocenters. The number of likely N-dealkylation sites (tertiary alicyclic amines) is 1. The first-order valence-corrected chi connectivity index (χ1v) is 8.25. The van der Waals surface area contributed by atoms with Crippen molar-refractivity contribution in [3.8, 4) is 0 Å². The van der Waals surface area contributed by atoms with E-state index in [-0.39, 0.29) is 17.7 Å². The zero-order valence-electron chi connectivity index (χ0n) is 13.5. The molecule has 1 aliphatic heterocycles. The molecular formula is C17H22N2O3S. The first-order valence-electron chi connectivity index (χ1n) is 7.84. The van der Waals surface area contributed by atoms with Gasteiger partial charge in [-0.3, -0.25) is 9.59 Å². The molecule has 1 N–H and O–H groups in total. The van der Waals surface area contributed by atoms with Gasteiger partial charge in [0.2, 0.25) is 0 Å². The molecule has 2 rings (SSSR count). The second kappa shape index (κ2) is 8.06. The Kier molecular flexibility index (Phi) is 6.10. The van der Waals surface area contributed by atoms with Gasteiger partial charge in [0, 0.05) is 24.3 Å². The van der Waals surface area contributed by atoms with Gasteiger partial charge in [-0.25, -0.2) is 0 Å². The number of piperidine rings is 1. The zero-order valence-corrected chi connectivity index (χ0v) is 14.3. The molecular weight excluding hydrogens is 312 g/mol. The van der Waals surface area contributed by atoms with Crippen molar-refractivity contribution < 1.29 is 14.3 Å². The van der Waals surface area contributed by atoms with E-state index < -0.39 is 0 Å². The van der Waals surface area contributed by atoms with Crippen molar-refractivity contribution >= 4 is 34.8 Å². The maximum Gasteiger partial charge on any atom is 0.310 e. The molecule has 1 saturated heterocycles. The monoisotopic (exact) mass is 334 g/mol. The average molecular weight is 334 g/mol. The fourth-order valence-corrected chi connectivity index (χ4v) is 2.89. The smallest absolute Gasteiger partial charge is 0.310 e. The van der Waals surface area contributed by atoms with Gasteiger partial charge in [-0.15, -0.1) is 0 Å². The predicted octanol–water partition coefficient (Wildman–Crippen LogP) is 2.86. The van der Waals surface area contributed by atoms with Crippen LogP contribution in [0.25, 0.3) is 0 Å². The minimum absolute atomic E-state index is 0.0347. The number of ketones is 1. The lowest BCUT2D eigenvalue weighted by Crippen LogP contribution is -2.44. The quantitative estimate of drug-likeness (QED) is 0.519. The molecule has 1 fully saturated rings. The highest BCUT2D eigenvalue weighted by atomic mass is 32.1. The molecule has 0 aromatic heterocycles. The Labute approximate surface area is 142 Å². The van der Waals surface area contributed by atoms with Gasteiger partial charge in [-0.2, -0.15) is 0 Å². The third-order valence-corrected chi connectivity index (χ3v) is 4.23. The second-order valence-corrected chi connectivity index (χ2v) is 5.99. The number of nitrogens with zero attached hydrogens (tertiary/aromatic N) is 1. The van der Waals surface area contributed by atoms with Gasteiger partial charge >= 0.3 is 5.97 Å². The number of carbonyl (C=O) groups excluding carboxylic acids is 2. The SMILES string of the molecule is CCOC(=O)[C@H]1CCCN(C(=S)Nc2ccc(C(C)=O)cc2)C1. The Morgan fingerprint density at radius 2 is 2.04 bits per heavy atom. The summed E-state index contributed by atoms with van der Waals surface area (Å²) in [6.07, 6.45) is 1.75. The summed E-state index contributed by atoms with van der Waals surface area (Å²) in [5.74, 6) is -0.234. The molecule has 1 aromatic carbocycles. The lowest BCUT2D eigenvalue weighted by molar-refractivity contribution is -0.149. The number of rotatable bonds is 4.